The molecule has 0 aliphatic carbocycles. The fraction of sp³-hybridized carbons (Fsp3) is 0.714. The molecule has 0 spiro atoms. The zero-order valence-corrected chi connectivity index (χ0v) is 18.5. The Balaban J connectivity index is 1.88. The molecule has 0 saturated carbocycles. The second kappa shape index (κ2) is 8.09. The molecule has 1 aromatic carbocycles. The molecule has 4 nitrogen and oxygen atoms in total. The standard InChI is InChI=1S/C21H38N2O2S/c1-20(2,3)26(6,7)16-25-14-18-13-23(15-21(18,4)22)12-17-8-10-19(24-5)11-9-17/h8-11,18H,12-16,22H2,1-7H3. The van der Waals surface area contributed by atoms with Gasteiger partial charge in [0.1, 0.15) is 5.75 Å². The maximum Gasteiger partial charge on any atom is 0.118 e. The number of hydrogen-bond donors (Lipinski definition) is 1. The largest absolute Gasteiger partial charge is 0.497 e. The van der Waals surface area contributed by atoms with Crippen molar-refractivity contribution in [2.24, 2.45) is 11.7 Å². The zero-order chi connectivity index (χ0) is 19.6. The van der Waals surface area contributed by atoms with Gasteiger partial charge in [0, 0.05) is 31.1 Å². The molecule has 2 atom stereocenters. The average Bonchev–Trinajstić information content (AvgIpc) is 2.80. The molecule has 1 aliphatic heterocycles. The Morgan fingerprint density at radius 2 is 1.85 bits per heavy atom. The lowest BCUT2D eigenvalue weighted by atomic mass is 9.91. The summed E-state index contributed by atoms with van der Waals surface area (Å²) in [5, 5.41) is 0. The van der Waals surface area contributed by atoms with E-state index in [2.05, 4.69) is 57.2 Å². The van der Waals surface area contributed by atoms with Crippen LogP contribution in [0.25, 0.3) is 0 Å². The quantitative estimate of drug-likeness (QED) is 0.781. The average molecular weight is 383 g/mol. The SMILES string of the molecule is COc1ccc(CN2CC(COCS(C)(C)C(C)(C)C)C(C)(N)C2)cc1. The molecule has 5 heteroatoms. The van der Waals surface area contributed by atoms with Crippen LogP contribution in [-0.4, -0.2) is 60.4 Å². The number of likely N-dealkylation sites (tertiary alicyclic amines) is 1. The minimum absolute atomic E-state index is 0.201. The summed E-state index contributed by atoms with van der Waals surface area (Å²) in [6, 6.07) is 8.30. The third kappa shape index (κ3) is 5.38. The number of rotatable bonds is 7. The molecule has 1 heterocycles. The van der Waals surface area contributed by atoms with Crippen LogP contribution in [0.4, 0.5) is 0 Å². The number of ether oxygens (including phenoxy) is 2. The molecule has 0 aromatic heterocycles. The van der Waals surface area contributed by atoms with Gasteiger partial charge in [-0.05, 0) is 41.9 Å². The maximum absolute atomic E-state index is 6.61. The summed E-state index contributed by atoms with van der Waals surface area (Å²) in [6.07, 6.45) is 4.72. The van der Waals surface area contributed by atoms with Gasteiger partial charge in [0.25, 0.3) is 0 Å². The summed E-state index contributed by atoms with van der Waals surface area (Å²) in [5.74, 6) is 2.12. The molecule has 2 N–H and O–H groups in total. The zero-order valence-electron chi connectivity index (χ0n) is 17.7. The molecule has 150 valence electrons. The van der Waals surface area contributed by atoms with E-state index >= 15 is 0 Å². The molecule has 0 amide bonds. The molecule has 26 heavy (non-hydrogen) atoms. The van der Waals surface area contributed by atoms with Crippen LogP contribution in [0.3, 0.4) is 0 Å². The Bertz CT molecular complexity index is 579. The lowest BCUT2D eigenvalue weighted by Crippen LogP contribution is -2.46. The Labute approximate surface area is 161 Å². The summed E-state index contributed by atoms with van der Waals surface area (Å²) in [6.45, 7) is 12.7. The van der Waals surface area contributed by atoms with Crippen molar-refractivity contribution in [1.82, 2.24) is 4.90 Å². The minimum Gasteiger partial charge on any atom is -0.497 e. The molecule has 2 unspecified atom stereocenters. The van der Waals surface area contributed by atoms with E-state index in [0.29, 0.717) is 10.7 Å². The Morgan fingerprint density at radius 1 is 1.23 bits per heavy atom. The van der Waals surface area contributed by atoms with Gasteiger partial charge in [-0.15, -0.1) is 0 Å². The lowest BCUT2D eigenvalue weighted by Gasteiger charge is -2.44. The van der Waals surface area contributed by atoms with Crippen molar-refractivity contribution in [2.75, 3.05) is 45.3 Å². The highest BCUT2D eigenvalue weighted by Crippen LogP contribution is 2.52. The lowest BCUT2D eigenvalue weighted by molar-refractivity contribution is 0.119. The summed E-state index contributed by atoms with van der Waals surface area (Å²) in [4.78, 5) is 2.44. The van der Waals surface area contributed by atoms with Crippen LogP contribution in [0.5, 0.6) is 5.75 Å². The third-order valence-corrected chi connectivity index (χ3v) is 9.97. The van der Waals surface area contributed by atoms with Crippen LogP contribution >= 0.6 is 10.0 Å². The predicted molar refractivity (Wildman–Crippen MR) is 114 cm³/mol. The van der Waals surface area contributed by atoms with Crippen molar-refractivity contribution in [3.8, 4) is 5.75 Å². The highest BCUT2D eigenvalue weighted by Gasteiger charge is 2.40. The Kier molecular flexibility index (Phi) is 6.71. The van der Waals surface area contributed by atoms with E-state index in [1.165, 1.54) is 5.56 Å². The first-order valence-electron chi connectivity index (χ1n) is 9.37. The fourth-order valence-corrected chi connectivity index (χ4v) is 3.99. The van der Waals surface area contributed by atoms with Crippen molar-refractivity contribution in [3.05, 3.63) is 29.8 Å². The molecule has 1 aromatic rings. The first-order chi connectivity index (χ1) is 11.9. The maximum atomic E-state index is 6.61. The van der Waals surface area contributed by atoms with Crippen molar-refractivity contribution in [1.29, 1.82) is 0 Å². The van der Waals surface area contributed by atoms with E-state index in [1.807, 2.05) is 12.1 Å². The van der Waals surface area contributed by atoms with Gasteiger partial charge in [-0.3, -0.25) is 4.90 Å². The first kappa shape index (κ1) is 21.5. The molecule has 1 fully saturated rings. The number of nitrogens with zero attached hydrogens (tertiary/aromatic N) is 1. The minimum atomic E-state index is -0.784. The van der Waals surface area contributed by atoms with Gasteiger partial charge in [-0.1, -0.05) is 32.9 Å². The van der Waals surface area contributed by atoms with Crippen LogP contribution < -0.4 is 10.5 Å². The van der Waals surface area contributed by atoms with Crippen molar-refractivity contribution >= 4 is 10.0 Å². The Morgan fingerprint density at radius 3 is 2.38 bits per heavy atom. The van der Waals surface area contributed by atoms with Crippen molar-refractivity contribution in [3.63, 3.8) is 0 Å². The second-order valence-corrected chi connectivity index (χ2v) is 13.9. The van der Waals surface area contributed by atoms with E-state index < -0.39 is 10.0 Å². The molecular formula is C21H38N2O2S. The fourth-order valence-electron chi connectivity index (χ4n) is 3.12. The van der Waals surface area contributed by atoms with E-state index in [1.54, 1.807) is 7.11 Å². The van der Waals surface area contributed by atoms with Gasteiger partial charge in [-0.2, -0.15) is 0 Å². The normalized spacial score (nSPS) is 25.5. The summed E-state index contributed by atoms with van der Waals surface area (Å²) in [7, 11) is 0.913. The predicted octanol–water partition coefficient (Wildman–Crippen LogP) is 3.68. The Hall–Kier alpha value is -0.750. The van der Waals surface area contributed by atoms with Crippen LogP contribution in [0.1, 0.15) is 33.3 Å². The number of methoxy groups -OCH3 is 1. The van der Waals surface area contributed by atoms with Crippen LogP contribution in [-0.2, 0) is 11.3 Å². The van der Waals surface area contributed by atoms with Crippen molar-refractivity contribution < 1.29 is 9.47 Å². The van der Waals surface area contributed by atoms with Gasteiger partial charge >= 0.3 is 0 Å². The molecule has 0 bridgehead atoms. The monoisotopic (exact) mass is 382 g/mol. The molecular weight excluding hydrogens is 344 g/mol. The highest BCUT2D eigenvalue weighted by atomic mass is 32.3. The van der Waals surface area contributed by atoms with E-state index in [9.17, 15) is 0 Å². The molecule has 1 saturated heterocycles. The third-order valence-electron chi connectivity index (χ3n) is 5.90. The van der Waals surface area contributed by atoms with Crippen LogP contribution in [0.2, 0.25) is 0 Å². The first-order valence-corrected chi connectivity index (χ1v) is 12.0. The number of nitrogens with two attached hydrogens (primary N) is 1. The van der Waals surface area contributed by atoms with Gasteiger partial charge in [0.05, 0.1) is 19.7 Å². The van der Waals surface area contributed by atoms with Crippen LogP contribution in [0, 0.1) is 5.92 Å². The summed E-state index contributed by atoms with van der Waals surface area (Å²) >= 11 is 0. The molecule has 0 radical (unpaired) electrons. The number of benzene rings is 1. The second-order valence-electron chi connectivity index (χ2n) is 9.36. The van der Waals surface area contributed by atoms with Gasteiger partial charge in [-0.25, -0.2) is 10.0 Å². The van der Waals surface area contributed by atoms with Gasteiger partial charge in [0.15, 0.2) is 0 Å². The summed E-state index contributed by atoms with van der Waals surface area (Å²) < 4.78 is 11.7. The topological polar surface area (TPSA) is 47.7 Å². The molecule has 1 aliphatic rings. The van der Waals surface area contributed by atoms with E-state index in [4.69, 9.17) is 15.2 Å². The smallest absolute Gasteiger partial charge is 0.118 e. The van der Waals surface area contributed by atoms with E-state index in [0.717, 1.165) is 37.9 Å². The van der Waals surface area contributed by atoms with Gasteiger partial charge in [0.2, 0.25) is 0 Å². The number of hydrogen-bond acceptors (Lipinski definition) is 4. The highest BCUT2D eigenvalue weighted by molar-refractivity contribution is 8.33. The van der Waals surface area contributed by atoms with Crippen LogP contribution in [0.15, 0.2) is 24.3 Å². The van der Waals surface area contributed by atoms with Crippen molar-refractivity contribution in [2.45, 2.75) is 44.5 Å². The van der Waals surface area contributed by atoms with Gasteiger partial charge < -0.3 is 15.2 Å². The summed E-state index contributed by atoms with van der Waals surface area (Å²) in [5.41, 5.74) is 7.70. The van der Waals surface area contributed by atoms with E-state index in [-0.39, 0.29) is 5.54 Å². The molecule has 2 rings (SSSR count).